The number of primary sulfonamides is 1. The normalized spacial score (nSPS) is 15.3. The summed E-state index contributed by atoms with van der Waals surface area (Å²) in [7, 11) is -1.95. The molecule has 0 bridgehead atoms. The smallest absolute Gasteiger partial charge is 0.238 e. The molecule has 7 nitrogen and oxygen atoms in total. The molecule has 1 saturated carbocycles. The van der Waals surface area contributed by atoms with Crippen LogP contribution < -0.4 is 5.14 Å². The monoisotopic (exact) mass is 491 g/mol. The summed E-state index contributed by atoms with van der Waals surface area (Å²) in [5, 5.41) is 10.4. The molecule has 4 rings (SSSR count). The number of nitrogens with two attached hydrogens (primary N) is 1. The zero-order chi connectivity index (χ0) is 23.6. The van der Waals surface area contributed by atoms with Crippen LogP contribution in [-0.2, 0) is 23.0 Å². The van der Waals surface area contributed by atoms with Crippen LogP contribution in [0, 0.1) is 5.82 Å². The minimum atomic E-state index is -4.01. The quantitative estimate of drug-likeness (QED) is 0.537. The summed E-state index contributed by atoms with van der Waals surface area (Å²) in [5.41, 5.74) is 1.06. The second-order valence-corrected chi connectivity index (χ2v) is 10.5. The van der Waals surface area contributed by atoms with Crippen LogP contribution in [0.1, 0.15) is 49.3 Å². The van der Waals surface area contributed by atoms with Gasteiger partial charge in [0.05, 0.1) is 11.4 Å². The van der Waals surface area contributed by atoms with Crippen LogP contribution in [0.2, 0.25) is 5.02 Å². The maximum Gasteiger partial charge on any atom is 0.238 e. The highest BCUT2D eigenvalue weighted by Gasteiger charge is 2.22. The molecule has 0 aliphatic heterocycles. The van der Waals surface area contributed by atoms with Gasteiger partial charge in [0, 0.05) is 17.5 Å². The molecule has 3 aromatic rings. The van der Waals surface area contributed by atoms with Gasteiger partial charge in [-0.1, -0.05) is 43.0 Å². The molecule has 0 saturated heterocycles. The van der Waals surface area contributed by atoms with Crippen molar-refractivity contribution in [2.75, 3.05) is 7.05 Å². The second-order valence-electron chi connectivity index (χ2n) is 8.52. The first kappa shape index (κ1) is 23.8. The Morgan fingerprint density at radius 1 is 1.15 bits per heavy atom. The fraction of sp³-hybridized carbons (Fsp3) is 0.391. The number of benzene rings is 2. The molecule has 0 spiro atoms. The Morgan fingerprint density at radius 2 is 1.85 bits per heavy atom. The molecule has 0 radical (unpaired) electrons. The summed E-state index contributed by atoms with van der Waals surface area (Å²) in [4.78, 5) is 6.68. The number of sulfonamides is 1. The minimum Gasteiger partial charge on any atom is -0.296 e. The highest BCUT2D eigenvalue weighted by molar-refractivity contribution is 7.89. The van der Waals surface area contributed by atoms with Crippen molar-refractivity contribution in [2.24, 2.45) is 5.14 Å². The SMILES string of the molecule is CN(Cc1nc(Cc2ccc(Cl)cc2)n(-c2ccc(S(N)(=O)=O)cc2F)n1)C1CCCCC1. The van der Waals surface area contributed by atoms with E-state index in [-0.39, 0.29) is 10.6 Å². The van der Waals surface area contributed by atoms with Gasteiger partial charge in [0.25, 0.3) is 0 Å². The number of nitrogens with zero attached hydrogens (tertiary/aromatic N) is 4. The molecule has 0 atom stereocenters. The van der Waals surface area contributed by atoms with Crippen molar-refractivity contribution in [3.63, 3.8) is 0 Å². The van der Waals surface area contributed by atoms with E-state index in [2.05, 4.69) is 17.0 Å². The predicted octanol–water partition coefficient (Wildman–Crippen LogP) is 4.06. The molecular formula is C23H27ClFN5O2S. The van der Waals surface area contributed by atoms with E-state index in [1.807, 2.05) is 12.1 Å². The lowest BCUT2D eigenvalue weighted by atomic mass is 9.94. The highest BCUT2D eigenvalue weighted by atomic mass is 35.5. The maximum atomic E-state index is 15.0. The van der Waals surface area contributed by atoms with E-state index in [0.717, 1.165) is 24.5 Å². The van der Waals surface area contributed by atoms with Crippen molar-refractivity contribution >= 4 is 21.6 Å². The number of hydrogen-bond donors (Lipinski definition) is 1. The first-order valence-corrected chi connectivity index (χ1v) is 12.9. The molecule has 176 valence electrons. The van der Waals surface area contributed by atoms with Crippen LogP contribution in [0.5, 0.6) is 0 Å². The standard InChI is InChI=1S/C23H27ClFN5O2S/c1-29(18-5-3-2-4-6-18)15-22-27-23(13-16-7-9-17(24)10-8-16)30(28-22)21-12-11-19(14-20(21)25)33(26,31)32/h7-12,14,18H,2-6,13,15H2,1H3,(H2,26,31,32). The van der Waals surface area contributed by atoms with Gasteiger partial charge >= 0.3 is 0 Å². The Bertz CT molecular complexity index is 1220. The van der Waals surface area contributed by atoms with E-state index < -0.39 is 15.8 Å². The second kappa shape index (κ2) is 9.89. The summed E-state index contributed by atoms with van der Waals surface area (Å²) < 4.78 is 39.6. The molecule has 0 amide bonds. The maximum absolute atomic E-state index is 15.0. The third-order valence-corrected chi connectivity index (χ3v) is 7.22. The number of aromatic nitrogens is 3. The summed E-state index contributed by atoms with van der Waals surface area (Å²) in [5.74, 6) is 0.393. The predicted molar refractivity (Wildman–Crippen MR) is 125 cm³/mol. The molecule has 1 aliphatic rings. The van der Waals surface area contributed by atoms with Crippen LogP contribution in [0.25, 0.3) is 5.69 Å². The zero-order valence-corrected chi connectivity index (χ0v) is 20.0. The van der Waals surface area contributed by atoms with Crippen LogP contribution in [0.3, 0.4) is 0 Å². The van der Waals surface area contributed by atoms with E-state index in [1.54, 1.807) is 12.1 Å². The Balaban J connectivity index is 1.68. The van der Waals surface area contributed by atoms with E-state index >= 15 is 0 Å². The fourth-order valence-electron chi connectivity index (χ4n) is 4.26. The Hall–Kier alpha value is -2.33. The number of hydrogen-bond acceptors (Lipinski definition) is 5. The van der Waals surface area contributed by atoms with Gasteiger partial charge in [-0.15, -0.1) is 5.10 Å². The highest BCUT2D eigenvalue weighted by Crippen LogP contribution is 2.24. The van der Waals surface area contributed by atoms with Crippen molar-refractivity contribution in [3.8, 4) is 5.69 Å². The van der Waals surface area contributed by atoms with Crippen LogP contribution >= 0.6 is 11.6 Å². The molecular weight excluding hydrogens is 465 g/mol. The average molecular weight is 492 g/mol. The Kier molecular flexibility index (Phi) is 7.13. The lowest BCUT2D eigenvalue weighted by Crippen LogP contribution is -2.33. The molecule has 0 unspecified atom stereocenters. The van der Waals surface area contributed by atoms with E-state index in [0.29, 0.717) is 35.7 Å². The molecule has 33 heavy (non-hydrogen) atoms. The first-order chi connectivity index (χ1) is 15.7. The van der Waals surface area contributed by atoms with Gasteiger partial charge in [0.1, 0.15) is 17.3 Å². The van der Waals surface area contributed by atoms with Gasteiger partial charge in [-0.2, -0.15) is 0 Å². The summed E-state index contributed by atoms with van der Waals surface area (Å²) in [6.45, 7) is 0.544. The van der Waals surface area contributed by atoms with Gasteiger partial charge in [-0.05, 0) is 55.8 Å². The first-order valence-electron chi connectivity index (χ1n) is 10.9. The number of rotatable bonds is 7. The van der Waals surface area contributed by atoms with Crippen molar-refractivity contribution < 1.29 is 12.8 Å². The van der Waals surface area contributed by atoms with Gasteiger partial charge < -0.3 is 0 Å². The summed E-state index contributed by atoms with van der Waals surface area (Å²) >= 11 is 6.00. The molecule has 1 heterocycles. The van der Waals surface area contributed by atoms with Crippen molar-refractivity contribution in [1.82, 2.24) is 19.7 Å². The lowest BCUT2D eigenvalue weighted by molar-refractivity contribution is 0.181. The van der Waals surface area contributed by atoms with Crippen molar-refractivity contribution in [3.05, 3.63) is 70.5 Å². The van der Waals surface area contributed by atoms with Crippen LogP contribution in [0.4, 0.5) is 4.39 Å². The Labute approximate surface area is 198 Å². The lowest BCUT2D eigenvalue weighted by Gasteiger charge is -2.30. The molecule has 1 aromatic heterocycles. The summed E-state index contributed by atoms with van der Waals surface area (Å²) in [6, 6.07) is 11.4. The third-order valence-electron chi connectivity index (χ3n) is 6.06. The number of halogens is 2. The molecule has 2 N–H and O–H groups in total. The Morgan fingerprint density at radius 3 is 2.48 bits per heavy atom. The zero-order valence-electron chi connectivity index (χ0n) is 18.4. The van der Waals surface area contributed by atoms with Crippen molar-refractivity contribution in [1.29, 1.82) is 0 Å². The third kappa shape index (κ3) is 5.78. The average Bonchev–Trinajstić information content (AvgIpc) is 3.17. The summed E-state index contributed by atoms with van der Waals surface area (Å²) in [6.07, 6.45) is 6.43. The molecule has 1 fully saturated rings. The largest absolute Gasteiger partial charge is 0.296 e. The van der Waals surface area contributed by atoms with Gasteiger partial charge in [0.2, 0.25) is 10.0 Å². The molecule has 1 aliphatic carbocycles. The fourth-order valence-corrected chi connectivity index (χ4v) is 4.91. The molecule has 10 heteroatoms. The van der Waals surface area contributed by atoms with Crippen LogP contribution in [0.15, 0.2) is 47.4 Å². The van der Waals surface area contributed by atoms with Crippen molar-refractivity contribution in [2.45, 2.75) is 56.0 Å². The van der Waals surface area contributed by atoms with Gasteiger partial charge in [-0.25, -0.2) is 27.6 Å². The topological polar surface area (TPSA) is 94.1 Å². The van der Waals surface area contributed by atoms with Crippen LogP contribution in [-0.4, -0.2) is 41.2 Å². The van der Waals surface area contributed by atoms with Gasteiger partial charge in [0.15, 0.2) is 5.82 Å². The van der Waals surface area contributed by atoms with E-state index in [1.165, 1.54) is 36.1 Å². The van der Waals surface area contributed by atoms with Gasteiger partial charge in [-0.3, -0.25) is 4.90 Å². The van der Waals surface area contributed by atoms with E-state index in [9.17, 15) is 12.8 Å². The minimum absolute atomic E-state index is 0.116. The van der Waals surface area contributed by atoms with E-state index in [4.69, 9.17) is 21.7 Å². The molecule has 2 aromatic carbocycles.